The van der Waals surface area contributed by atoms with Gasteiger partial charge in [-0.2, -0.15) is 0 Å². The molecule has 0 aliphatic carbocycles. The van der Waals surface area contributed by atoms with Gasteiger partial charge in [-0.1, -0.05) is 44.0 Å². The van der Waals surface area contributed by atoms with Crippen LogP contribution in [0.15, 0.2) is 45.3 Å². The molecule has 0 heterocycles. The maximum Gasteiger partial charge on any atom is 0.195 e. The molecule has 2 rings (SSSR count). The summed E-state index contributed by atoms with van der Waals surface area (Å²) >= 11 is 6.90. The first-order valence-corrected chi connectivity index (χ1v) is 7.14. The molecule has 0 aliphatic rings. The zero-order valence-electron chi connectivity index (χ0n) is 10.1. The molecule has 0 unspecified atom stereocenters. The van der Waals surface area contributed by atoms with Crippen LogP contribution in [0.1, 0.15) is 27.0 Å². The monoisotopic (exact) mass is 366 g/mol. The summed E-state index contributed by atoms with van der Waals surface area (Å²) in [5.74, 6) is 0.0220. The highest BCUT2D eigenvalue weighted by atomic mass is 79.9. The number of halogens is 2. The summed E-state index contributed by atoms with van der Waals surface area (Å²) in [6, 6.07) is 11.5. The maximum atomic E-state index is 12.5. The minimum Gasteiger partial charge on any atom is -0.289 e. The quantitative estimate of drug-likeness (QED) is 0.678. The van der Waals surface area contributed by atoms with Crippen LogP contribution < -0.4 is 0 Å². The third-order valence-electron chi connectivity index (χ3n) is 2.74. The summed E-state index contributed by atoms with van der Waals surface area (Å²) < 4.78 is 1.67. The molecule has 0 saturated heterocycles. The summed E-state index contributed by atoms with van der Waals surface area (Å²) in [5.41, 5.74) is 3.62. The van der Waals surface area contributed by atoms with Gasteiger partial charge in [0.05, 0.1) is 0 Å². The average molecular weight is 368 g/mol. The highest BCUT2D eigenvalue weighted by molar-refractivity contribution is 9.11. The van der Waals surface area contributed by atoms with Gasteiger partial charge < -0.3 is 0 Å². The molecule has 0 saturated carbocycles. The van der Waals surface area contributed by atoms with Crippen LogP contribution in [0.25, 0.3) is 0 Å². The fourth-order valence-electron chi connectivity index (χ4n) is 1.75. The van der Waals surface area contributed by atoms with Crippen LogP contribution in [0, 0.1) is 13.8 Å². The molecule has 0 aliphatic heterocycles. The Morgan fingerprint density at radius 3 is 1.56 bits per heavy atom. The van der Waals surface area contributed by atoms with E-state index in [9.17, 15) is 4.79 Å². The lowest BCUT2D eigenvalue weighted by molar-refractivity contribution is 0.103. The Morgan fingerprint density at radius 2 is 1.22 bits per heavy atom. The van der Waals surface area contributed by atoms with Crippen molar-refractivity contribution in [3.05, 3.63) is 67.6 Å². The zero-order valence-corrected chi connectivity index (χ0v) is 13.3. The van der Waals surface area contributed by atoms with Gasteiger partial charge in [0.25, 0.3) is 0 Å². The normalized spacial score (nSPS) is 10.4. The Bertz CT molecular complexity index is 564. The van der Waals surface area contributed by atoms with Crippen molar-refractivity contribution in [1.82, 2.24) is 0 Å². The Kier molecular flexibility index (Phi) is 4.03. The molecular weight excluding hydrogens is 356 g/mol. The van der Waals surface area contributed by atoms with Gasteiger partial charge in [0.2, 0.25) is 0 Å². The molecule has 3 heteroatoms. The van der Waals surface area contributed by atoms with Gasteiger partial charge in [-0.3, -0.25) is 4.79 Å². The Balaban J connectivity index is 2.48. The van der Waals surface area contributed by atoms with Crippen LogP contribution in [-0.4, -0.2) is 5.78 Å². The molecule has 2 aromatic carbocycles. The van der Waals surface area contributed by atoms with E-state index in [1.807, 2.05) is 50.2 Å². The van der Waals surface area contributed by atoms with Crippen molar-refractivity contribution in [2.24, 2.45) is 0 Å². The van der Waals surface area contributed by atoms with E-state index in [0.717, 1.165) is 20.1 Å². The number of hydrogen-bond donors (Lipinski definition) is 0. The van der Waals surface area contributed by atoms with Gasteiger partial charge in [-0.05, 0) is 49.2 Å². The fraction of sp³-hybridized carbons (Fsp3) is 0.133. The predicted octanol–water partition coefficient (Wildman–Crippen LogP) is 5.06. The molecule has 0 radical (unpaired) electrons. The lowest BCUT2D eigenvalue weighted by Gasteiger charge is -2.07. The molecular formula is C15H12Br2O. The number of carbonyl (C=O) groups is 1. The van der Waals surface area contributed by atoms with Crippen LogP contribution in [0.3, 0.4) is 0 Å². The van der Waals surface area contributed by atoms with Crippen molar-refractivity contribution in [2.45, 2.75) is 13.8 Å². The second-order valence-corrected chi connectivity index (χ2v) is 6.00. The van der Waals surface area contributed by atoms with E-state index in [1.54, 1.807) is 0 Å². The van der Waals surface area contributed by atoms with Crippen molar-refractivity contribution < 1.29 is 4.79 Å². The SMILES string of the molecule is Cc1ccc(C(=O)c2ccc(C)cc2Br)c(Br)c1. The molecule has 0 atom stereocenters. The number of rotatable bonds is 2. The highest BCUT2D eigenvalue weighted by Crippen LogP contribution is 2.26. The Hall–Kier alpha value is -0.930. The van der Waals surface area contributed by atoms with Crippen molar-refractivity contribution in [1.29, 1.82) is 0 Å². The first-order chi connectivity index (χ1) is 8.49. The molecule has 0 N–H and O–H groups in total. The van der Waals surface area contributed by atoms with Crippen molar-refractivity contribution >= 4 is 37.6 Å². The van der Waals surface area contributed by atoms with Gasteiger partial charge >= 0.3 is 0 Å². The second-order valence-electron chi connectivity index (χ2n) is 4.30. The molecule has 0 aromatic heterocycles. The van der Waals surface area contributed by atoms with Crippen LogP contribution in [0.4, 0.5) is 0 Å². The van der Waals surface area contributed by atoms with Crippen LogP contribution in [0.2, 0.25) is 0 Å². The molecule has 0 spiro atoms. The standard InChI is InChI=1S/C15H12Br2O/c1-9-3-5-11(13(16)7-9)15(18)12-6-4-10(2)8-14(12)17/h3-8H,1-2H3. The van der Waals surface area contributed by atoms with E-state index in [4.69, 9.17) is 0 Å². The summed E-state index contributed by atoms with van der Waals surface area (Å²) in [4.78, 5) is 12.5. The van der Waals surface area contributed by atoms with E-state index >= 15 is 0 Å². The van der Waals surface area contributed by atoms with E-state index in [0.29, 0.717) is 11.1 Å². The van der Waals surface area contributed by atoms with Crippen LogP contribution >= 0.6 is 31.9 Å². The zero-order chi connectivity index (χ0) is 13.3. The smallest absolute Gasteiger partial charge is 0.195 e. The average Bonchev–Trinajstić information content (AvgIpc) is 2.28. The minimum atomic E-state index is 0.0220. The number of benzene rings is 2. The second kappa shape index (κ2) is 5.37. The first-order valence-electron chi connectivity index (χ1n) is 5.56. The Morgan fingerprint density at radius 1 is 0.833 bits per heavy atom. The van der Waals surface area contributed by atoms with E-state index in [2.05, 4.69) is 31.9 Å². The number of carbonyl (C=O) groups excluding carboxylic acids is 1. The van der Waals surface area contributed by atoms with Crippen LogP contribution in [0.5, 0.6) is 0 Å². The van der Waals surface area contributed by atoms with Gasteiger partial charge in [-0.25, -0.2) is 0 Å². The van der Waals surface area contributed by atoms with Gasteiger partial charge in [-0.15, -0.1) is 0 Å². The van der Waals surface area contributed by atoms with Crippen molar-refractivity contribution in [2.75, 3.05) is 0 Å². The Labute approximate surface area is 123 Å². The molecule has 92 valence electrons. The molecule has 0 bridgehead atoms. The molecule has 2 aromatic rings. The third kappa shape index (κ3) is 2.73. The number of hydrogen-bond acceptors (Lipinski definition) is 1. The van der Waals surface area contributed by atoms with Crippen LogP contribution in [-0.2, 0) is 0 Å². The van der Waals surface area contributed by atoms with E-state index < -0.39 is 0 Å². The van der Waals surface area contributed by atoms with E-state index in [-0.39, 0.29) is 5.78 Å². The van der Waals surface area contributed by atoms with Gasteiger partial charge in [0.15, 0.2) is 5.78 Å². The summed E-state index contributed by atoms with van der Waals surface area (Å²) in [6.07, 6.45) is 0. The number of ketones is 1. The summed E-state index contributed by atoms with van der Waals surface area (Å²) in [6.45, 7) is 4.00. The lowest BCUT2D eigenvalue weighted by Crippen LogP contribution is -2.03. The van der Waals surface area contributed by atoms with Crippen molar-refractivity contribution in [3.8, 4) is 0 Å². The largest absolute Gasteiger partial charge is 0.289 e. The number of aryl methyl sites for hydroxylation is 2. The lowest BCUT2D eigenvalue weighted by atomic mass is 10.0. The van der Waals surface area contributed by atoms with E-state index in [1.165, 1.54) is 0 Å². The summed E-state index contributed by atoms with van der Waals surface area (Å²) in [5, 5.41) is 0. The first kappa shape index (κ1) is 13.5. The molecule has 1 nitrogen and oxygen atoms in total. The van der Waals surface area contributed by atoms with Gasteiger partial charge in [0.1, 0.15) is 0 Å². The topological polar surface area (TPSA) is 17.1 Å². The molecule has 0 amide bonds. The summed E-state index contributed by atoms with van der Waals surface area (Å²) in [7, 11) is 0. The predicted molar refractivity (Wildman–Crippen MR) is 81.2 cm³/mol. The maximum absolute atomic E-state index is 12.5. The molecule has 0 fully saturated rings. The fourth-order valence-corrected chi connectivity index (χ4v) is 3.10. The minimum absolute atomic E-state index is 0.0220. The third-order valence-corrected chi connectivity index (χ3v) is 4.05. The van der Waals surface area contributed by atoms with Gasteiger partial charge in [0, 0.05) is 20.1 Å². The highest BCUT2D eigenvalue weighted by Gasteiger charge is 2.15. The molecule has 18 heavy (non-hydrogen) atoms. The van der Waals surface area contributed by atoms with Crippen molar-refractivity contribution in [3.63, 3.8) is 0 Å².